The van der Waals surface area contributed by atoms with Crippen LogP contribution in [0.3, 0.4) is 0 Å². The van der Waals surface area contributed by atoms with Gasteiger partial charge in [-0.1, -0.05) is 224 Å². The largest absolute Gasteiger partial charge is 0.292 e. The number of benzene rings is 12. The summed E-state index contributed by atoms with van der Waals surface area (Å²) in [6, 6.07) is 92.6. The first-order chi connectivity index (χ1) is 33.3. The zero-order chi connectivity index (χ0) is 44.3. The number of aromatic nitrogens is 2. The monoisotopic (exact) mass is 850 g/mol. The lowest BCUT2D eigenvalue weighted by atomic mass is 9.83. The molecule has 312 valence electrons. The molecule has 0 aliphatic carbocycles. The standard InChI is InChI=1S/C65H42N2/c1-4-18-43(19-5-1)49-40-41-57-58(42-49)64(44-20-6-2-7-21-44)56-29-15-14-28-55(56)63(57)46-34-32-45(33-35-46)61-51-24-10-12-26-53(51)62(54-27-13-11-25-52(54)61)47-36-38-48(39-37-47)65-66-59-30-16-17-31-60(59)67(65)50-22-8-3-9-23-50/h1-42H. The van der Waals surface area contributed by atoms with Crippen molar-refractivity contribution in [1.29, 1.82) is 0 Å². The number of nitrogens with zero attached hydrogens (tertiary/aromatic N) is 2. The van der Waals surface area contributed by atoms with E-state index in [2.05, 4.69) is 259 Å². The van der Waals surface area contributed by atoms with Crippen LogP contribution < -0.4 is 0 Å². The lowest BCUT2D eigenvalue weighted by Crippen LogP contribution is -1.97. The van der Waals surface area contributed by atoms with Crippen LogP contribution in [0.2, 0.25) is 0 Å². The summed E-state index contributed by atoms with van der Waals surface area (Å²) in [5, 5.41) is 9.92. The summed E-state index contributed by atoms with van der Waals surface area (Å²) in [6.07, 6.45) is 0. The molecule has 1 heterocycles. The minimum Gasteiger partial charge on any atom is -0.292 e. The zero-order valence-corrected chi connectivity index (χ0v) is 36.6. The van der Waals surface area contributed by atoms with Gasteiger partial charge in [-0.2, -0.15) is 0 Å². The van der Waals surface area contributed by atoms with Gasteiger partial charge in [-0.3, -0.25) is 4.57 Å². The van der Waals surface area contributed by atoms with Gasteiger partial charge in [0.25, 0.3) is 0 Å². The molecule has 1 aromatic heterocycles. The maximum absolute atomic E-state index is 5.16. The molecule has 0 aliphatic heterocycles. The molecule has 0 atom stereocenters. The quantitative estimate of drug-likeness (QED) is 0.146. The molecular weight excluding hydrogens is 809 g/mol. The van der Waals surface area contributed by atoms with Crippen molar-refractivity contribution in [3.63, 3.8) is 0 Å². The molecule has 0 saturated heterocycles. The van der Waals surface area contributed by atoms with Crippen molar-refractivity contribution >= 4 is 54.1 Å². The molecule has 0 radical (unpaired) electrons. The molecule has 0 saturated carbocycles. The van der Waals surface area contributed by atoms with Crippen LogP contribution in [0.1, 0.15) is 0 Å². The van der Waals surface area contributed by atoms with Crippen LogP contribution in [0.25, 0.3) is 127 Å². The normalized spacial score (nSPS) is 11.6. The van der Waals surface area contributed by atoms with Crippen LogP contribution in [-0.4, -0.2) is 9.55 Å². The number of hydrogen-bond donors (Lipinski definition) is 0. The number of hydrogen-bond acceptors (Lipinski definition) is 1. The van der Waals surface area contributed by atoms with Gasteiger partial charge < -0.3 is 0 Å². The highest BCUT2D eigenvalue weighted by atomic mass is 15.1. The molecule has 12 aromatic carbocycles. The Kier molecular flexibility index (Phi) is 9.21. The van der Waals surface area contributed by atoms with Gasteiger partial charge in [0.15, 0.2) is 0 Å². The Bertz CT molecular complexity index is 3930. The Hall–Kier alpha value is -8.85. The highest BCUT2D eigenvalue weighted by Crippen LogP contribution is 2.47. The van der Waals surface area contributed by atoms with E-state index < -0.39 is 0 Å². The molecule has 0 N–H and O–H groups in total. The van der Waals surface area contributed by atoms with Gasteiger partial charge in [0.1, 0.15) is 5.82 Å². The highest BCUT2D eigenvalue weighted by molar-refractivity contribution is 6.23. The van der Waals surface area contributed by atoms with Gasteiger partial charge in [-0.15, -0.1) is 0 Å². The van der Waals surface area contributed by atoms with Crippen molar-refractivity contribution in [2.45, 2.75) is 0 Å². The van der Waals surface area contributed by atoms with E-state index in [-0.39, 0.29) is 0 Å². The fraction of sp³-hybridized carbons (Fsp3) is 0. The minimum atomic E-state index is 0.928. The van der Waals surface area contributed by atoms with Gasteiger partial charge >= 0.3 is 0 Å². The van der Waals surface area contributed by atoms with Gasteiger partial charge in [-0.25, -0.2) is 4.98 Å². The lowest BCUT2D eigenvalue weighted by Gasteiger charge is -2.20. The Balaban J connectivity index is 0.955. The van der Waals surface area contributed by atoms with E-state index in [4.69, 9.17) is 4.98 Å². The Morgan fingerprint density at radius 1 is 0.239 bits per heavy atom. The number of fused-ring (bicyclic) bond motifs is 5. The van der Waals surface area contributed by atoms with Crippen molar-refractivity contribution in [3.8, 4) is 72.7 Å². The third-order valence-corrected chi connectivity index (χ3v) is 13.6. The van der Waals surface area contributed by atoms with E-state index in [1.807, 2.05) is 0 Å². The van der Waals surface area contributed by atoms with Crippen molar-refractivity contribution in [2.75, 3.05) is 0 Å². The van der Waals surface area contributed by atoms with Gasteiger partial charge in [-0.05, 0) is 129 Å². The summed E-state index contributed by atoms with van der Waals surface area (Å²) in [5.41, 5.74) is 16.4. The number of para-hydroxylation sites is 3. The SMILES string of the molecule is c1ccc(-c2ccc3c(-c4ccc(-c5c6ccccc6c(-c6ccc(-c7nc8ccccc8n7-c7ccccc7)cc6)c6ccccc56)cc4)c4ccccc4c(-c4ccccc4)c3c2)cc1. The lowest BCUT2D eigenvalue weighted by molar-refractivity contribution is 1.10. The summed E-state index contributed by atoms with van der Waals surface area (Å²) in [7, 11) is 0. The van der Waals surface area contributed by atoms with E-state index in [9.17, 15) is 0 Å². The van der Waals surface area contributed by atoms with E-state index >= 15 is 0 Å². The first-order valence-corrected chi connectivity index (χ1v) is 23.0. The second-order valence-corrected chi connectivity index (χ2v) is 17.4. The maximum Gasteiger partial charge on any atom is 0.145 e. The van der Waals surface area contributed by atoms with Crippen LogP contribution in [-0.2, 0) is 0 Å². The average molecular weight is 851 g/mol. The van der Waals surface area contributed by atoms with Gasteiger partial charge in [0, 0.05) is 11.3 Å². The van der Waals surface area contributed by atoms with E-state index in [1.165, 1.54) is 98.7 Å². The molecule has 67 heavy (non-hydrogen) atoms. The summed E-state index contributed by atoms with van der Waals surface area (Å²) in [4.78, 5) is 5.16. The molecule has 0 bridgehead atoms. The summed E-state index contributed by atoms with van der Waals surface area (Å²) >= 11 is 0. The fourth-order valence-corrected chi connectivity index (χ4v) is 10.6. The van der Waals surface area contributed by atoms with Crippen LogP contribution >= 0.6 is 0 Å². The third kappa shape index (κ3) is 6.45. The molecular formula is C65H42N2. The molecule has 0 spiro atoms. The van der Waals surface area contributed by atoms with Crippen molar-refractivity contribution in [2.24, 2.45) is 0 Å². The molecule has 0 amide bonds. The van der Waals surface area contributed by atoms with Crippen molar-refractivity contribution < 1.29 is 0 Å². The third-order valence-electron chi connectivity index (χ3n) is 13.6. The first-order valence-electron chi connectivity index (χ1n) is 23.0. The highest BCUT2D eigenvalue weighted by Gasteiger charge is 2.21. The molecule has 0 unspecified atom stereocenters. The fourth-order valence-electron chi connectivity index (χ4n) is 10.6. The van der Waals surface area contributed by atoms with Crippen LogP contribution in [0.5, 0.6) is 0 Å². The van der Waals surface area contributed by atoms with Crippen LogP contribution in [0, 0.1) is 0 Å². The number of imidazole rings is 1. The van der Waals surface area contributed by atoms with Gasteiger partial charge in [0.2, 0.25) is 0 Å². The minimum absolute atomic E-state index is 0.928. The van der Waals surface area contributed by atoms with Crippen LogP contribution in [0.15, 0.2) is 255 Å². The van der Waals surface area contributed by atoms with E-state index in [0.717, 1.165) is 28.1 Å². The molecule has 2 nitrogen and oxygen atoms in total. The predicted octanol–water partition coefficient (Wildman–Crippen LogP) is 17.6. The molecule has 13 rings (SSSR count). The maximum atomic E-state index is 5.16. The second kappa shape index (κ2) is 16.0. The van der Waals surface area contributed by atoms with E-state index in [1.54, 1.807) is 0 Å². The smallest absolute Gasteiger partial charge is 0.145 e. The van der Waals surface area contributed by atoms with Crippen LogP contribution in [0.4, 0.5) is 0 Å². The Morgan fingerprint density at radius 2 is 0.582 bits per heavy atom. The predicted molar refractivity (Wildman–Crippen MR) is 284 cm³/mol. The summed E-state index contributed by atoms with van der Waals surface area (Å²) in [5.74, 6) is 0.928. The Labute approximate surface area is 389 Å². The molecule has 13 aromatic rings. The molecule has 0 aliphatic rings. The Morgan fingerprint density at radius 3 is 1.07 bits per heavy atom. The summed E-state index contributed by atoms with van der Waals surface area (Å²) in [6.45, 7) is 0. The second-order valence-electron chi connectivity index (χ2n) is 17.4. The van der Waals surface area contributed by atoms with Gasteiger partial charge in [0.05, 0.1) is 11.0 Å². The first kappa shape index (κ1) is 38.6. The average Bonchev–Trinajstić information content (AvgIpc) is 3.80. The molecule has 2 heteroatoms. The zero-order valence-electron chi connectivity index (χ0n) is 36.6. The van der Waals surface area contributed by atoms with Crippen molar-refractivity contribution in [3.05, 3.63) is 255 Å². The van der Waals surface area contributed by atoms with E-state index in [0.29, 0.717) is 0 Å². The van der Waals surface area contributed by atoms with Crippen molar-refractivity contribution in [1.82, 2.24) is 9.55 Å². The summed E-state index contributed by atoms with van der Waals surface area (Å²) < 4.78 is 2.27. The topological polar surface area (TPSA) is 17.8 Å². The number of rotatable bonds is 7. The molecule has 0 fully saturated rings.